The molecule has 1 fully saturated rings. The van der Waals surface area contributed by atoms with Gasteiger partial charge in [0.15, 0.2) is 10.8 Å². The first-order valence-corrected chi connectivity index (χ1v) is 13.2. The van der Waals surface area contributed by atoms with Gasteiger partial charge in [0, 0.05) is 23.3 Å². The molecule has 15 nitrogen and oxygen atoms in total. The number of esters is 1. The number of anilines is 1. The molecule has 1 aromatic heterocycles. The van der Waals surface area contributed by atoms with Crippen LogP contribution in [0.2, 0.25) is 0 Å². The number of oxime groups is 1. The predicted molar refractivity (Wildman–Crippen MR) is 149 cm³/mol. The summed E-state index contributed by atoms with van der Waals surface area (Å²) in [6, 6.07) is 4.35. The molecule has 18 heteroatoms. The van der Waals surface area contributed by atoms with Crippen molar-refractivity contribution in [2.24, 2.45) is 5.16 Å². The van der Waals surface area contributed by atoms with Gasteiger partial charge in [-0.2, -0.15) is 0 Å². The van der Waals surface area contributed by atoms with Crippen LogP contribution in [-0.2, 0) is 35.4 Å². The van der Waals surface area contributed by atoms with Crippen LogP contribution >= 0.6 is 35.5 Å². The van der Waals surface area contributed by atoms with Gasteiger partial charge < -0.3 is 25.7 Å². The summed E-state index contributed by atoms with van der Waals surface area (Å²) >= 11 is 2.28. The molecule has 4 rings (SSSR count). The van der Waals surface area contributed by atoms with Crippen molar-refractivity contribution in [2.45, 2.75) is 18.0 Å². The van der Waals surface area contributed by atoms with Crippen LogP contribution in [0.3, 0.4) is 0 Å². The fourth-order valence-corrected chi connectivity index (χ4v) is 5.57. The van der Waals surface area contributed by atoms with Crippen molar-refractivity contribution in [3.8, 4) is 0 Å². The average Bonchev–Trinajstić information content (AvgIpc) is 3.37. The molecule has 0 spiro atoms. The lowest BCUT2D eigenvalue weighted by Crippen LogP contribution is -2.71. The number of nitro benzene ring substituents is 1. The maximum atomic E-state index is 13.1. The molecule has 41 heavy (non-hydrogen) atoms. The number of allylic oxidation sites excluding steroid dienone is 1. The first-order valence-electron chi connectivity index (χ1n) is 11.3. The van der Waals surface area contributed by atoms with E-state index in [1.165, 1.54) is 47.5 Å². The summed E-state index contributed by atoms with van der Waals surface area (Å²) < 4.78 is 5.04. The Balaban J connectivity index is 0.00000462. The lowest BCUT2D eigenvalue weighted by atomic mass is 10.0. The van der Waals surface area contributed by atoms with Gasteiger partial charge in [0.25, 0.3) is 17.5 Å². The quantitative estimate of drug-likeness (QED) is 0.106. The van der Waals surface area contributed by atoms with Crippen LogP contribution in [0.4, 0.5) is 10.8 Å². The Morgan fingerprint density at radius 1 is 1.34 bits per heavy atom. The highest BCUT2D eigenvalue weighted by Gasteiger charge is 2.54. The molecule has 0 bridgehead atoms. The summed E-state index contributed by atoms with van der Waals surface area (Å²) in [5.74, 6) is -3.34. The Kier molecular flexibility index (Phi) is 10.0. The predicted octanol–water partition coefficient (Wildman–Crippen LogP) is 1.44. The third kappa shape index (κ3) is 6.82. The topological polar surface area (TPSA) is 217 Å². The van der Waals surface area contributed by atoms with Crippen LogP contribution in [0.1, 0.15) is 11.3 Å². The molecule has 2 aliphatic heterocycles. The number of aromatic nitrogens is 1. The summed E-state index contributed by atoms with van der Waals surface area (Å²) in [6.07, 6.45) is 1.37. The number of aliphatic carboxylic acids is 1. The Morgan fingerprint density at radius 2 is 2.05 bits per heavy atom. The van der Waals surface area contributed by atoms with E-state index in [0.29, 0.717) is 11.1 Å². The van der Waals surface area contributed by atoms with Crippen LogP contribution in [0.5, 0.6) is 0 Å². The molecule has 0 radical (unpaired) electrons. The number of fused-ring (bicyclic) bond motifs is 1. The summed E-state index contributed by atoms with van der Waals surface area (Å²) in [4.78, 5) is 69.9. The number of ether oxygens (including phenoxy) is 1. The van der Waals surface area contributed by atoms with Crippen LogP contribution < -0.4 is 11.1 Å². The number of nitro groups is 1. The zero-order valence-corrected chi connectivity index (χ0v) is 23.2. The molecule has 1 unspecified atom stereocenters. The van der Waals surface area contributed by atoms with E-state index in [1.807, 2.05) is 0 Å². The number of halogens is 1. The molecule has 2 amide bonds. The number of carboxylic acids is 1. The molecule has 1 saturated heterocycles. The fourth-order valence-electron chi connectivity index (χ4n) is 3.68. The minimum Gasteiger partial charge on any atom is -0.477 e. The highest BCUT2D eigenvalue weighted by atomic mass is 35.5. The Bertz CT molecular complexity index is 1460. The van der Waals surface area contributed by atoms with E-state index >= 15 is 0 Å². The van der Waals surface area contributed by atoms with E-state index in [4.69, 9.17) is 15.3 Å². The third-order valence-electron chi connectivity index (χ3n) is 5.60. The molecule has 3 heterocycles. The van der Waals surface area contributed by atoms with Crippen LogP contribution in [0.15, 0.2) is 58.7 Å². The van der Waals surface area contributed by atoms with Crippen molar-refractivity contribution in [1.82, 2.24) is 15.2 Å². The van der Waals surface area contributed by atoms with E-state index in [0.717, 1.165) is 16.2 Å². The number of carbonyl (C=O) groups is 4. The second kappa shape index (κ2) is 13.2. The van der Waals surface area contributed by atoms with Crippen molar-refractivity contribution >= 4 is 75.8 Å². The van der Waals surface area contributed by atoms with Crippen molar-refractivity contribution in [3.63, 3.8) is 0 Å². The van der Waals surface area contributed by atoms with Crippen molar-refractivity contribution in [3.05, 3.63) is 74.9 Å². The SMILES string of the molecule is C=CC1=C(C(=O)O)N2C(=O)C(NC(=O)C(=NOCC(=O)OCc3ccc([N+](=O)[O-])cc3)c3csc(N)n3)[C@H]2SC1.Cl. The van der Waals surface area contributed by atoms with Gasteiger partial charge in [0.1, 0.15) is 29.4 Å². The van der Waals surface area contributed by atoms with Crippen molar-refractivity contribution < 1.29 is 38.8 Å². The van der Waals surface area contributed by atoms with Crippen molar-refractivity contribution in [2.75, 3.05) is 18.1 Å². The highest BCUT2D eigenvalue weighted by molar-refractivity contribution is 8.00. The molecule has 4 N–H and O–H groups in total. The molecule has 1 aromatic carbocycles. The number of non-ortho nitro benzene ring substituents is 1. The average molecular weight is 625 g/mol. The second-order valence-electron chi connectivity index (χ2n) is 8.11. The van der Waals surface area contributed by atoms with E-state index in [2.05, 4.69) is 22.0 Å². The van der Waals surface area contributed by atoms with Gasteiger partial charge in [0.05, 0.1) is 4.92 Å². The first-order chi connectivity index (χ1) is 19.1. The maximum Gasteiger partial charge on any atom is 0.352 e. The summed E-state index contributed by atoms with van der Waals surface area (Å²) in [7, 11) is 0. The molecule has 216 valence electrons. The fraction of sp³-hybridized carbons (Fsp3) is 0.217. The standard InChI is InChI=1S/C23H20N6O9S2.ClH/c1-2-12-9-39-21-17(20(32)28(21)18(12)22(33)34)26-19(31)16(14-10-40-23(24)25-14)27-38-8-15(30)37-7-11-3-5-13(6-4-11)29(35)36;/h2-6,10,17,21H,1,7-9H2,(H2,24,25)(H,26,31)(H,33,34);1H/t17?,21-;/m1./s1. The number of nitrogen functional groups attached to an aromatic ring is 1. The normalized spacial score (nSPS) is 17.9. The van der Waals surface area contributed by atoms with Crippen LogP contribution in [0, 0.1) is 10.1 Å². The van der Waals surface area contributed by atoms with Gasteiger partial charge in [-0.05, 0) is 23.3 Å². The lowest BCUT2D eigenvalue weighted by Gasteiger charge is -2.49. The molecular weight excluding hydrogens is 604 g/mol. The molecule has 0 aliphatic carbocycles. The minimum absolute atomic E-state index is 0. The zero-order valence-electron chi connectivity index (χ0n) is 20.8. The number of rotatable bonds is 11. The number of benzene rings is 1. The number of nitrogens with two attached hydrogens (primary N) is 1. The number of carbonyl (C=O) groups excluding carboxylic acids is 3. The van der Waals surface area contributed by atoms with Gasteiger partial charge in [0.2, 0.25) is 6.61 Å². The summed E-state index contributed by atoms with van der Waals surface area (Å²) in [5, 5.41) is 27.4. The molecule has 0 saturated carbocycles. The largest absolute Gasteiger partial charge is 0.477 e. The summed E-state index contributed by atoms with van der Waals surface area (Å²) in [5.41, 5.74) is 5.91. The number of thiazole rings is 1. The van der Waals surface area contributed by atoms with Gasteiger partial charge in [-0.3, -0.25) is 24.6 Å². The van der Waals surface area contributed by atoms with E-state index in [9.17, 15) is 34.4 Å². The van der Waals surface area contributed by atoms with Gasteiger partial charge in [-0.1, -0.05) is 17.8 Å². The van der Waals surface area contributed by atoms with Gasteiger partial charge in [-0.25, -0.2) is 14.6 Å². The second-order valence-corrected chi connectivity index (χ2v) is 10.1. The Hall–Kier alpha value is -4.48. The monoisotopic (exact) mass is 624 g/mol. The first kappa shape index (κ1) is 31.1. The van der Waals surface area contributed by atoms with Gasteiger partial charge in [-0.15, -0.1) is 35.5 Å². The van der Waals surface area contributed by atoms with Crippen LogP contribution in [-0.4, -0.2) is 73.2 Å². The van der Waals surface area contributed by atoms with E-state index in [1.54, 1.807) is 0 Å². The number of nitrogens with zero attached hydrogens (tertiary/aromatic N) is 4. The number of thioether (sulfide) groups is 1. The van der Waals surface area contributed by atoms with E-state index < -0.39 is 46.7 Å². The van der Waals surface area contributed by atoms with Crippen LogP contribution in [0.25, 0.3) is 0 Å². The number of hydrogen-bond acceptors (Lipinski definition) is 13. The smallest absolute Gasteiger partial charge is 0.352 e. The van der Waals surface area contributed by atoms with Gasteiger partial charge >= 0.3 is 11.9 Å². The number of hydrogen-bond donors (Lipinski definition) is 3. The van der Waals surface area contributed by atoms with E-state index in [-0.39, 0.29) is 52.7 Å². The summed E-state index contributed by atoms with van der Waals surface area (Å²) in [6.45, 7) is 2.72. The zero-order chi connectivity index (χ0) is 29.0. The lowest BCUT2D eigenvalue weighted by molar-refractivity contribution is -0.384. The molecule has 2 aromatic rings. The van der Waals surface area contributed by atoms with Crippen molar-refractivity contribution in [1.29, 1.82) is 0 Å². The number of nitrogens with one attached hydrogen (secondary N) is 1. The Morgan fingerprint density at radius 3 is 2.63 bits per heavy atom. The highest BCUT2D eigenvalue weighted by Crippen LogP contribution is 2.40. The number of amides is 2. The maximum absolute atomic E-state index is 13.1. The third-order valence-corrected chi connectivity index (χ3v) is 7.57. The number of β-lactam (4-membered cyclic amide) rings is 1. The minimum atomic E-state index is -1.28. The molecule has 2 aliphatic rings. The Labute approximate surface area is 245 Å². The molecular formula is C23H21ClN6O9S2. The number of carboxylic acid groups (broad SMARTS) is 1. The molecule has 2 atom stereocenters.